The number of nitrogens with two attached hydrogens (primary N) is 1. The number of fused-ring (bicyclic) bond motifs is 1. The standard InChI is InChI=1S/C33H33N3/c1-35(2)29-18-14-24(15-19-29)33(25-16-20-30(21-17-25)36(3)4)32-23-28(34-27-11-6-5-7-12-27)22-26-10-8-9-13-31(26)32/h5-23,29,34H,1-4H3/p+1. The highest BCUT2D eigenvalue weighted by Gasteiger charge is 2.18. The lowest BCUT2D eigenvalue weighted by Crippen LogP contribution is -2.70. The Morgan fingerprint density at radius 2 is 1.36 bits per heavy atom. The average Bonchev–Trinajstić information content (AvgIpc) is 2.90. The number of nitrogens with zero attached hydrogens (tertiary/aromatic N) is 2. The molecule has 3 nitrogen and oxygen atoms in total. The zero-order chi connectivity index (χ0) is 25.1. The van der Waals surface area contributed by atoms with Crippen molar-refractivity contribution >= 4 is 33.4 Å². The number of likely N-dealkylation sites (N-methyl/N-ethyl adjacent to an activating group) is 1. The molecular formula is C33H34N3+. The topological polar surface area (TPSA) is 23.1 Å². The summed E-state index contributed by atoms with van der Waals surface area (Å²) >= 11 is 0. The van der Waals surface area contributed by atoms with Crippen molar-refractivity contribution in [3.05, 3.63) is 132 Å². The molecule has 2 N–H and O–H groups in total. The van der Waals surface area contributed by atoms with Crippen molar-refractivity contribution in [2.45, 2.75) is 6.04 Å². The van der Waals surface area contributed by atoms with E-state index in [1.807, 2.05) is 0 Å². The van der Waals surface area contributed by atoms with Crippen molar-refractivity contribution in [3.8, 4) is 0 Å². The molecule has 180 valence electrons. The normalized spacial score (nSPS) is 15.0. The predicted molar refractivity (Wildman–Crippen MR) is 154 cm³/mol. The van der Waals surface area contributed by atoms with Crippen LogP contribution < -0.4 is 10.2 Å². The van der Waals surface area contributed by atoms with Crippen LogP contribution in [0.2, 0.25) is 0 Å². The number of quaternary nitrogens is 1. The minimum atomic E-state index is 0.306. The molecule has 5 rings (SSSR count). The number of anilines is 1. The van der Waals surface area contributed by atoms with Crippen LogP contribution in [0.5, 0.6) is 0 Å². The van der Waals surface area contributed by atoms with E-state index >= 15 is 0 Å². The van der Waals surface area contributed by atoms with E-state index in [4.69, 9.17) is 0 Å². The van der Waals surface area contributed by atoms with E-state index in [-0.39, 0.29) is 0 Å². The van der Waals surface area contributed by atoms with E-state index in [0.29, 0.717) is 6.04 Å². The van der Waals surface area contributed by atoms with Crippen molar-refractivity contribution in [1.29, 1.82) is 0 Å². The maximum Gasteiger partial charge on any atom is 0.135 e. The van der Waals surface area contributed by atoms with Crippen LogP contribution in [0.25, 0.3) is 16.3 Å². The van der Waals surface area contributed by atoms with Gasteiger partial charge in [0, 0.05) is 38.0 Å². The van der Waals surface area contributed by atoms with Gasteiger partial charge in [0.25, 0.3) is 0 Å². The van der Waals surface area contributed by atoms with Gasteiger partial charge in [-0.05, 0) is 71.4 Å². The van der Waals surface area contributed by atoms with E-state index in [1.54, 1.807) is 0 Å². The first-order valence-electron chi connectivity index (χ1n) is 12.5. The zero-order valence-electron chi connectivity index (χ0n) is 21.5. The SMILES string of the molecule is CN(C)c1ccc(C(=C2C=CC(N(C)C)C=C2)c2cc([NH2+]c3ccccc3)cc3ccccc23)cc1. The van der Waals surface area contributed by atoms with E-state index in [9.17, 15) is 0 Å². The molecule has 0 heterocycles. The fraction of sp³-hybridized carbons (Fsp3) is 0.152. The largest absolute Gasteiger partial charge is 0.378 e. The van der Waals surface area contributed by atoms with Crippen LogP contribution in [-0.2, 0) is 0 Å². The van der Waals surface area contributed by atoms with E-state index < -0.39 is 0 Å². The summed E-state index contributed by atoms with van der Waals surface area (Å²) in [5.41, 5.74) is 8.55. The molecule has 3 heteroatoms. The summed E-state index contributed by atoms with van der Waals surface area (Å²) in [4.78, 5) is 4.36. The molecule has 0 aliphatic heterocycles. The number of rotatable bonds is 6. The van der Waals surface area contributed by atoms with Gasteiger partial charge in [-0.25, -0.2) is 0 Å². The van der Waals surface area contributed by atoms with Gasteiger partial charge in [-0.1, -0.05) is 78.9 Å². The lowest BCUT2D eigenvalue weighted by Gasteiger charge is -2.22. The second-order valence-electron chi connectivity index (χ2n) is 9.79. The Hall–Kier alpha value is -3.92. The number of hydrogen-bond donors (Lipinski definition) is 1. The van der Waals surface area contributed by atoms with Crippen LogP contribution in [0.3, 0.4) is 0 Å². The first-order chi connectivity index (χ1) is 17.5. The third-order valence-corrected chi connectivity index (χ3v) is 6.79. The molecule has 0 bridgehead atoms. The van der Waals surface area contributed by atoms with Gasteiger partial charge in [0.05, 0.1) is 0 Å². The number of benzene rings is 4. The lowest BCUT2D eigenvalue weighted by atomic mass is 9.87. The van der Waals surface area contributed by atoms with Crippen molar-refractivity contribution in [3.63, 3.8) is 0 Å². The smallest absolute Gasteiger partial charge is 0.135 e. The van der Waals surface area contributed by atoms with Gasteiger partial charge < -0.3 is 4.90 Å². The molecule has 0 spiro atoms. The molecule has 36 heavy (non-hydrogen) atoms. The Balaban J connectivity index is 1.72. The van der Waals surface area contributed by atoms with E-state index in [0.717, 1.165) is 0 Å². The second-order valence-corrected chi connectivity index (χ2v) is 9.79. The number of para-hydroxylation sites is 1. The molecular weight excluding hydrogens is 438 g/mol. The Labute approximate surface area is 214 Å². The molecule has 0 amide bonds. The van der Waals surface area contributed by atoms with Crippen LogP contribution in [0.1, 0.15) is 11.1 Å². The lowest BCUT2D eigenvalue weighted by molar-refractivity contribution is -0.478. The van der Waals surface area contributed by atoms with Crippen molar-refractivity contribution in [1.82, 2.24) is 4.90 Å². The molecule has 0 saturated heterocycles. The summed E-state index contributed by atoms with van der Waals surface area (Å²) in [6.45, 7) is 0. The van der Waals surface area contributed by atoms with Crippen LogP contribution in [0, 0.1) is 0 Å². The van der Waals surface area contributed by atoms with Crippen LogP contribution >= 0.6 is 0 Å². The molecule has 0 saturated carbocycles. The summed E-state index contributed by atoms with van der Waals surface area (Å²) in [7, 11) is 8.40. The summed E-state index contributed by atoms with van der Waals surface area (Å²) in [5, 5.41) is 4.77. The van der Waals surface area contributed by atoms with Crippen LogP contribution in [-0.4, -0.2) is 39.1 Å². The molecule has 0 unspecified atom stereocenters. The molecule has 4 aromatic carbocycles. The highest BCUT2D eigenvalue weighted by atomic mass is 15.1. The number of hydrogen-bond acceptors (Lipinski definition) is 2. The first-order valence-corrected chi connectivity index (χ1v) is 12.5. The highest BCUT2D eigenvalue weighted by Crippen LogP contribution is 2.36. The van der Waals surface area contributed by atoms with Gasteiger partial charge >= 0.3 is 0 Å². The molecule has 1 aliphatic rings. The predicted octanol–water partition coefficient (Wildman–Crippen LogP) is 6.29. The molecule has 0 aromatic heterocycles. The van der Waals surface area contributed by atoms with Crippen LogP contribution in [0.4, 0.5) is 17.1 Å². The summed E-state index contributed by atoms with van der Waals surface area (Å²) < 4.78 is 0. The average molecular weight is 473 g/mol. The number of allylic oxidation sites excluding steroid dienone is 3. The van der Waals surface area contributed by atoms with Gasteiger partial charge in [-0.3, -0.25) is 10.2 Å². The summed E-state index contributed by atoms with van der Waals surface area (Å²) in [6.07, 6.45) is 9.13. The fourth-order valence-electron chi connectivity index (χ4n) is 4.80. The van der Waals surface area contributed by atoms with Gasteiger partial charge in [-0.2, -0.15) is 0 Å². The van der Waals surface area contributed by atoms with Gasteiger partial charge in [0.15, 0.2) is 0 Å². The zero-order valence-corrected chi connectivity index (χ0v) is 21.5. The van der Waals surface area contributed by atoms with E-state index in [2.05, 4.69) is 159 Å². The summed E-state index contributed by atoms with van der Waals surface area (Å²) in [5.74, 6) is 0. The summed E-state index contributed by atoms with van der Waals surface area (Å²) in [6, 6.07) is 33.1. The Morgan fingerprint density at radius 3 is 2.03 bits per heavy atom. The maximum atomic E-state index is 2.34. The Morgan fingerprint density at radius 1 is 0.694 bits per heavy atom. The van der Waals surface area contributed by atoms with Crippen molar-refractivity contribution < 1.29 is 5.32 Å². The molecule has 1 aliphatic carbocycles. The van der Waals surface area contributed by atoms with Crippen molar-refractivity contribution in [2.75, 3.05) is 33.1 Å². The van der Waals surface area contributed by atoms with Crippen molar-refractivity contribution in [2.24, 2.45) is 0 Å². The quantitative estimate of drug-likeness (QED) is 0.333. The maximum absolute atomic E-state index is 2.34. The Bertz CT molecular complexity index is 1430. The molecule has 0 radical (unpaired) electrons. The van der Waals surface area contributed by atoms with Gasteiger partial charge in [0.2, 0.25) is 0 Å². The third kappa shape index (κ3) is 5.03. The molecule has 0 atom stereocenters. The van der Waals surface area contributed by atoms with Gasteiger partial charge in [0.1, 0.15) is 11.4 Å². The fourth-order valence-corrected chi connectivity index (χ4v) is 4.80. The Kier molecular flexibility index (Phi) is 6.86. The third-order valence-electron chi connectivity index (χ3n) is 6.79. The molecule has 4 aromatic rings. The van der Waals surface area contributed by atoms with E-state index in [1.165, 1.54) is 50.1 Å². The highest BCUT2D eigenvalue weighted by molar-refractivity contribution is 6.01. The molecule has 0 fully saturated rings. The first kappa shape index (κ1) is 23.8. The van der Waals surface area contributed by atoms with Crippen LogP contribution in [0.15, 0.2) is 121 Å². The second kappa shape index (κ2) is 10.4. The minimum Gasteiger partial charge on any atom is -0.378 e. The monoisotopic (exact) mass is 472 g/mol. The minimum absolute atomic E-state index is 0.306. The van der Waals surface area contributed by atoms with Gasteiger partial charge in [-0.15, -0.1) is 0 Å².